The summed E-state index contributed by atoms with van der Waals surface area (Å²) in [5, 5.41) is 3.36. The van der Waals surface area contributed by atoms with Crippen molar-refractivity contribution in [2.24, 2.45) is 21.5 Å². The van der Waals surface area contributed by atoms with Gasteiger partial charge in [0.25, 0.3) is 0 Å². The number of piperidine rings is 1. The van der Waals surface area contributed by atoms with E-state index in [1.165, 1.54) is 6.42 Å². The van der Waals surface area contributed by atoms with Gasteiger partial charge >= 0.3 is 236 Å². The van der Waals surface area contributed by atoms with Crippen LogP contribution in [0.1, 0.15) is 24.8 Å². The SMILES string of the molecule is NC(=Nc1cccc(CP(Cl)(c2ccccc2)(c2ccccc2)c2ccccc2)c1)/N=C(/N)N1CCCCC1. The Bertz CT molecular complexity index is 1350. The standard InChI is InChI=1S/C32H35ClN5P/c33-39(28-16-5-1-6-17-28,29-18-7-2-8-19-29,30-20-9-3-10-21-30)25-26-14-13-15-27(24-26)36-31(34)37-32(35)38-22-11-4-12-23-38/h1-3,5-10,13-21,24H,4,11-12,22-23,25H2,(H4,34,35,36,37). The number of aliphatic imine (C=N–C) groups is 2. The van der Waals surface area contributed by atoms with Gasteiger partial charge in [-0.1, -0.05) is 0 Å². The topological polar surface area (TPSA) is 80.0 Å². The van der Waals surface area contributed by atoms with Gasteiger partial charge in [-0.15, -0.1) is 0 Å². The van der Waals surface area contributed by atoms with Crippen LogP contribution in [0.2, 0.25) is 0 Å². The third kappa shape index (κ3) is 5.56. The maximum absolute atomic E-state index is 8.25. The van der Waals surface area contributed by atoms with Crippen LogP contribution >= 0.6 is 17.2 Å². The third-order valence-electron chi connectivity index (χ3n) is 7.43. The van der Waals surface area contributed by atoms with E-state index >= 15 is 0 Å². The van der Waals surface area contributed by atoms with Gasteiger partial charge in [-0.2, -0.15) is 0 Å². The van der Waals surface area contributed by atoms with Crippen molar-refractivity contribution in [1.82, 2.24) is 4.90 Å². The monoisotopic (exact) mass is 555 g/mol. The van der Waals surface area contributed by atoms with Gasteiger partial charge < -0.3 is 0 Å². The van der Waals surface area contributed by atoms with Crippen molar-refractivity contribution in [3.05, 3.63) is 121 Å². The Labute approximate surface area is 236 Å². The second-order valence-corrected chi connectivity index (χ2v) is 16.5. The molecular formula is C32H35ClN5P. The van der Waals surface area contributed by atoms with Crippen molar-refractivity contribution in [2.75, 3.05) is 13.1 Å². The molecule has 4 aromatic carbocycles. The van der Waals surface area contributed by atoms with Crippen molar-refractivity contribution in [3.8, 4) is 0 Å². The van der Waals surface area contributed by atoms with Gasteiger partial charge in [0.2, 0.25) is 0 Å². The molecule has 200 valence electrons. The zero-order valence-electron chi connectivity index (χ0n) is 22.0. The average Bonchev–Trinajstić information content (AvgIpc) is 2.99. The van der Waals surface area contributed by atoms with Crippen molar-refractivity contribution in [2.45, 2.75) is 25.4 Å². The molecule has 0 bridgehead atoms. The van der Waals surface area contributed by atoms with Gasteiger partial charge in [-0.05, 0) is 0 Å². The second-order valence-electron chi connectivity index (χ2n) is 10.0. The van der Waals surface area contributed by atoms with Crippen LogP contribution in [0, 0.1) is 0 Å². The Morgan fingerprint density at radius 2 is 1.21 bits per heavy atom. The molecule has 0 unspecified atom stereocenters. The van der Waals surface area contributed by atoms with E-state index in [4.69, 9.17) is 22.7 Å². The molecule has 4 aromatic rings. The Balaban J connectivity index is 1.58. The first-order valence-electron chi connectivity index (χ1n) is 13.4. The van der Waals surface area contributed by atoms with Gasteiger partial charge in [0.1, 0.15) is 0 Å². The molecular weight excluding hydrogens is 521 g/mol. The number of guanidine groups is 2. The number of rotatable bonds is 6. The molecule has 0 aliphatic carbocycles. The molecule has 0 aromatic heterocycles. The summed E-state index contributed by atoms with van der Waals surface area (Å²) < 4.78 is 0. The fourth-order valence-electron chi connectivity index (χ4n) is 5.47. The van der Waals surface area contributed by atoms with Crippen LogP contribution in [0.25, 0.3) is 0 Å². The first-order chi connectivity index (χ1) is 19.0. The molecule has 0 atom stereocenters. The Morgan fingerprint density at radius 1 is 0.692 bits per heavy atom. The molecule has 5 nitrogen and oxygen atoms in total. The van der Waals surface area contributed by atoms with Crippen LogP contribution in [0.15, 0.2) is 125 Å². The molecule has 1 aliphatic heterocycles. The van der Waals surface area contributed by atoms with E-state index in [1.54, 1.807) is 0 Å². The molecule has 0 radical (unpaired) electrons. The first kappa shape index (κ1) is 26.9. The van der Waals surface area contributed by atoms with E-state index in [-0.39, 0.29) is 5.96 Å². The van der Waals surface area contributed by atoms with Crippen molar-refractivity contribution in [3.63, 3.8) is 0 Å². The van der Waals surface area contributed by atoms with Crippen LogP contribution in [-0.4, -0.2) is 29.9 Å². The van der Waals surface area contributed by atoms with Gasteiger partial charge in [-0.3, -0.25) is 0 Å². The van der Waals surface area contributed by atoms with E-state index in [0.717, 1.165) is 53.1 Å². The summed E-state index contributed by atoms with van der Waals surface area (Å²) >= 11 is 8.25. The van der Waals surface area contributed by atoms with E-state index in [1.807, 2.05) is 30.3 Å². The Hall–Kier alpha value is -3.66. The molecule has 1 fully saturated rings. The number of likely N-dealkylation sites (tertiary alicyclic amines) is 1. The van der Waals surface area contributed by atoms with E-state index < -0.39 is 5.96 Å². The van der Waals surface area contributed by atoms with Crippen molar-refractivity contribution >= 4 is 50.7 Å². The predicted molar refractivity (Wildman–Crippen MR) is 169 cm³/mol. The average molecular weight is 556 g/mol. The molecule has 0 spiro atoms. The zero-order valence-corrected chi connectivity index (χ0v) is 23.7. The summed E-state index contributed by atoms with van der Waals surface area (Å²) in [6, 6.07) is 39.5. The number of nitrogens with two attached hydrogens (primary N) is 2. The van der Waals surface area contributed by atoms with Gasteiger partial charge in [0, 0.05) is 0 Å². The zero-order chi connectivity index (χ0) is 27.2. The fourth-order valence-corrected chi connectivity index (χ4v) is 11.6. The number of benzene rings is 4. The molecule has 4 N–H and O–H groups in total. The Morgan fingerprint density at radius 3 is 1.72 bits per heavy atom. The van der Waals surface area contributed by atoms with Crippen molar-refractivity contribution in [1.29, 1.82) is 0 Å². The summed E-state index contributed by atoms with van der Waals surface area (Å²) in [6.07, 6.45) is 4.07. The molecule has 1 saturated heterocycles. The summed E-state index contributed by atoms with van der Waals surface area (Å²) in [4.78, 5) is 11.1. The summed E-state index contributed by atoms with van der Waals surface area (Å²) in [6.45, 7) is 1.80. The number of nitrogens with zero attached hydrogens (tertiary/aromatic N) is 3. The van der Waals surface area contributed by atoms with E-state index in [2.05, 4.69) is 99.8 Å². The Kier molecular flexibility index (Phi) is 8.02. The quantitative estimate of drug-likeness (QED) is 0.184. The van der Waals surface area contributed by atoms with Gasteiger partial charge in [0.15, 0.2) is 0 Å². The molecule has 0 amide bonds. The van der Waals surface area contributed by atoms with E-state index in [9.17, 15) is 0 Å². The van der Waals surface area contributed by atoms with Crippen molar-refractivity contribution < 1.29 is 0 Å². The van der Waals surface area contributed by atoms with Gasteiger partial charge in [0.05, 0.1) is 0 Å². The first-order valence-corrected chi connectivity index (χ1v) is 16.7. The fraction of sp³-hybridized carbons (Fsp3) is 0.188. The number of hydrogen-bond donors (Lipinski definition) is 2. The number of hydrogen-bond acceptors (Lipinski definition) is 1. The van der Waals surface area contributed by atoms with Crippen LogP contribution < -0.4 is 27.4 Å². The molecule has 0 saturated carbocycles. The molecule has 39 heavy (non-hydrogen) atoms. The van der Waals surface area contributed by atoms with Crippen LogP contribution in [0.3, 0.4) is 0 Å². The van der Waals surface area contributed by atoms with Crippen LogP contribution in [0.5, 0.6) is 0 Å². The maximum atomic E-state index is 8.25. The predicted octanol–water partition coefficient (Wildman–Crippen LogP) is 5.62. The second kappa shape index (κ2) is 11.6. The third-order valence-corrected chi connectivity index (χ3v) is 14.6. The molecule has 1 aliphatic rings. The summed E-state index contributed by atoms with van der Waals surface area (Å²) in [5.41, 5.74) is 14.2. The summed E-state index contributed by atoms with van der Waals surface area (Å²) in [7, 11) is 0. The minimum atomic E-state index is -3.46. The van der Waals surface area contributed by atoms with Crippen LogP contribution in [0.4, 0.5) is 5.69 Å². The van der Waals surface area contributed by atoms with E-state index in [0.29, 0.717) is 12.1 Å². The summed E-state index contributed by atoms with van der Waals surface area (Å²) in [5.74, 6) is -2.89. The normalized spacial score (nSPS) is 15.9. The molecule has 1 heterocycles. The van der Waals surface area contributed by atoms with Crippen LogP contribution in [-0.2, 0) is 6.16 Å². The molecule has 5 rings (SSSR count). The minimum absolute atomic E-state index is 0.146. The molecule has 7 heteroatoms. The number of halogens is 1. The van der Waals surface area contributed by atoms with Gasteiger partial charge in [-0.25, -0.2) is 0 Å².